The number of nitrogens with one attached hydrogen (secondary N) is 1. The largest absolute Gasteiger partial charge is 0.463 e. The van der Waals surface area contributed by atoms with Gasteiger partial charge < -0.3 is 15.0 Å². The van der Waals surface area contributed by atoms with Gasteiger partial charge in [0, 0.05) is 50.9 Å². The Morgan fingerprint density at radius 1 is 1.15 bits per heavy atom. The molecule has 0 radical (unpaired) electrons. The molecule has 8 nitrogen and oxygen atoms in total. The molecular weight excluding hydrogens is 420 g/mol. The molecule has 8 heteroatoms. The topological polar surface area (TPSA) is 82.2 Å². The zero-order chi connectivity index (χ0) is 23.7. The van der Waals surface area contributed by atoms with E-state index in [4.69, 9.17) is 4.74 Å². The molecule has 0 aromatic heterocycles. The monoisotopic (exact) mass is 454 g/mol. The SMILES string of the molecule is CCOC(=O)C1=C(CN2CCN(C(=O)C3CC3)[C@H](C)C2)N(C)C(=O)N[C@H]1c1ccc(C)cc1. The molecule has 0 bridgehead atoms. The predicted molar refractivity (Wildman–Crippen MR) is 124 cm³/mol. The van der Waals surface area contributed by atoms with E-state index in [9.17, 15) is 14.4 Å². The number of amides is 3. The summed E-state index contributed by atoms with van der Waals surface area (Å²) in [5.41, 5.74) is 3.06. The quantitative estimate of drug-likeness (QED) is 0.668. The zero-order valence-corrected chi connectivity index (χ0v) is 20.0. The van der Waals surface area contributed by atoms with Gasteiger partial charge in [0.25, 0.3) is 0 Å². The fourth-order valence-electron chi connectivity index (χ4n) is 4.69. The number of piperazine rings is 1. The van der Waals surface area contributed by atoms with Crippen molar-refractivity contribution in [3.63, 3.8) is 0 Å². The van der Waals surface area contributed by atoms with Gasteiger partial charge in [0.2, 0.25) is 5.91 Å². The van der Waals surface area contributed by atoms with Gasteiger partial charge in [-0.15, -0.1) is 0 Å². The van der Waals surface area contributed by atoms with Gasteiger partial charge in [0.15, 0.2) is 0 Å². The molecular formula is C25H34N4O4. The molecule has 0 unspecified atom stereocenters. The fraction of sp³-hybridized carbons (Fsp3) is 0.560. The number of esters is 1. The molecule has 1 saturated carbocycles. The first kappa shape index (κ1) is 23.3. The van der Waals surface area contributed by atoms with Crippen molar-refractivity contribution in [2.24, 2.45) is 5.92 Å². The van der Waals surface area contributed by atoms with Crippen molar-refractivity contribution in [1.29, 1.82) is 0 Å². The minimum atomic E-state index is -0.571. The highest BCUT2D eigenvalue weighted by Gasteiger charge is 2.40. The van der Waals surface area contributed by atoms with E-state index >= 15 is 0 Å². The van der Waals surface area contributed by atoms with Crippen molar-refractivity contribution in [1.82, 2.24) is 20.0 Å². The number of benzene rings is 1. The number of hydrogen-bond donors (Lipinski definition) is 1. The van der Waals surface area contributed by atoms with Crippen molar-refractivity contribution in [2.75, 3.05) is 39.8 Å². The lowest BCUT2D eigenvalue weighted by atomic mass is 9.93. The van der Waals surface area contributed by atoms with E-state index < -0.39 is 12.0 Å². The van der Waals surface area contributed by atoms with Crippen molar-refractivity contribution >= 4 is 17.9 Å². The van der Waals surface area contributed by atoms with Crippen LogP contribution in [0, 0.1) is 12.8 Å². The lowest BCUT2D eigenvalue weighted by molar-refractivity contribution is -0.139. The molecule has 0 spiro atoms. The number of carbonyl (C=O) groups excluding carboxylic acids is 3. The summed E-state index contributed by atoms with van der Waals surface area (Å²) < 4.78 is 5.42. The number of rotatable bonds is 6. The fourth-order valence-corrected chi connectivity index (χ4v) is 4.69. The van der Waals surface area contributed by atoms with Crippen LogP contribution < -0.4 is 5.32 Å². The standard InChI is InChI=1S/C25H34N4O4/c1-5-33-24(31)21-20(15-28-12-13-29(17(3)14-28)23(30)19-10-11-19)27(4)25(32)26-22(21)18-8-6-16(2)7-9-18/h6-9,17,19,22H,5,10-15H2,1-4H3,(H,26,32)/t17-,22+/m1/s1. The Bertz CT molecular complexity index is 954. The van der Waals surface area contributed by atoms with Gasteiger partial charge in [-0.2, -0.15) is 0 Å². The molecule has 3 aliphatic rings. The van der Waals surface area contributed by atoms with E-state index in [0.29, 0.717) is 37.4 Å². The number of carbonyl (C=O) groups is 3. The van der Waals surface area contributed by atoms with Crippen LogP contribution >= 0.6 is 0 Å². The predicted octanol–water partition coefficient (Wildman–Crippen LogP) is 2.45. The average molecular weight is 455 g/mol. The second-order valence-electron chi connectivity index (χ2n) is 9.32. The van der Waals surface area contributed by atoms with Crippen LogP contribution in [0.3, 0.4) is 0 Å². The van der Waals surface area contributed by atoms with Crippen molar-refractivity contribution in [2.45, 2.75) is 45.7 Å². The Morgan fingerprint density at radius 2 is 1.85 bits per heavy atom. The van der Waals surface area contributed by atoms with E-state index in [1.165, 1.54) is 4.90 Å². The van der Waals surface area contributed by atoms with E-state index in [1.54, 1.807) is 14.0 Å². The van der Waals surface area contributed by atoms with Crippen LogP contribution in [0.2, 0.25) is 0 Å². The average Bonchev–Trinajstić information content (AvgIpc) is 3.62. The van der Waals surface area contributed by atoms with Crippen molar-refractivity contribution in [3.05, 3.63) is 46.7 Å². The Labute approximate surface area is 195 Å². The molecule has 4 rings (SSSR count). The third-order valence-electron chi connectivity index (χ3n) is 6.78. The molecule has 1 aliphatic carbocycles. The number of ether oxygens (including phenoxy) is 1. The maximum atomic E-state index is 13.1. The zero-order valence-electron chi connectivity index (χ0n) is 20.0. The van der Waals surface area contributed by atoms with Crippen molar-refractivity contribution < 1.29 is 19.1 Å². The van der Waals surface area contributed by atoms with Gasteiger partial charge in [-0.05, 0) is 39.2 Å². The highest BCUT2D eigenvalue weighted by Crippen LogP contribution is 2.34. The summed E-state index contributed by atoms with van der Waals surface area (Å²) >= 11 is 0. The third kappa shape index (κ3) is 4.90. The van der Waals surface area contributed by atoms with E-state index in [0.717, 1.165) is 24.0 Å². The van der Waals surface area contributed by atoms with Crippen molar-refractivity contribution in [3.8, 4) is 0 Å². The summed E-state index contributed by atoms with van der Waals surface area (Å²) in [6.45, 7) is 8.61. The summed E-state index contributed by atoms with van der Waals surface area (Å²) in [6.07, 6.45) is 2.00. The van der Waals surface area contributed by atoms with Crippen LogP contribution in [0.4, 0.5) is 4.79 Å². The van der Waals surface area contributed by atoms with E-state index in [2.05, 4.69) is 17.1 Å². The number of aryl methyl sites for hydroxylation is 1. The van der Waals surface area contributed by atoms with Gasteiger partial charge in [0.1, 0.15) is 0 Å². The second kappa shape index (κ2) is 9.55. The van der Waals surface area contributed by atoms with E-state index in [1.807, 2.05) is 36.1 Å². The molecule has 2 fully saturated rings. The number of hydrogen-bond acceptors (Lipinski definition) is 5. The minimum Gasteiger partial charge on any atom is -0.463 e. The summed E-state index contributed by atoms with van der Waals surface area (Å²) in [4.78, 5) is 44.3. The molecule has 178 valence electrons. The van der Waals surface area contributed by atoms with Gasteiger partial charge in [-0.25, -0.2) is 9.59 Å². The molecule has 1 N–H and O–H groups in total. The second-order valence-corrected chi connectivity index (χ2v) is 9.32. The molecule has 33 heavy (non-hydrogen) atoms. The number of nitrogens with zero attached hydrogens (tertiary/aromatic N) is 3. The maximum Gasteiger partial charge on any atom is 0.338 e. The highest BCUT2D eigenvalue weighted by atomic mass is 16.5. The molecule has 2 aliphatic heterocycles. The Hall–Kier alpha value is -2.87. The number of urea groups is 1. The lowest BCUT2D eigenvalue weighted by Crippen LogP contribution is -2.56. The first-order valence-electron chi connectivity index (χ1n) is 11.8. The lowest BCUT2D eigenvalue weighted by Gasteiger charge is -2.42. The van der Waals surface area contributed by atoms with Crippen LogP contribution in [-0.2, 0) is 14.3 Å². The van der Waals surface area contributed by atoms with Crippen LogP contribution in [-0.4, -0.2) is 78.5 Å². The third-order valence-corrected chi connectivity index (χ3v) is 6.78. The first-order valence-corrected chi connectivity index (χ1v) is 11.8. The van der Waals surface area contributed by atoms with Gasteiger partial charge in [-0.3, -0.25) is 14.6 Å². The van der Waals surface area contributed by atoms with Crippen LogP contribution in [0.5, 0.6) is 0 Å². The van der Waals surface area contributed by atoms with Crippen LogP contribution in [0.25, 0.3) is 0 Å². The maximum absolute atomic E-state index is 13.1. The van der Waals surface area contributed by atoms with Gasteiger partial charge in [-0.1, -0.05) is 29.8 Å². The highest BCUT2D eigenvalue weighted by molar-refractivity contribution is 5.95. The minimum absolute atomic E-state index is 0.0918. The number of likely N-dealkylation sites (N-methyl/N-ethyl adjacent to an activating group) is 1. The Morgan fingerprint density at radius 3 is 2.45 bits per heavy atom. The van der Waals surface area contributed by atoms with Crippen LogP contribution in [0.1, 0.15) is 43.9 Å². The summed E-state index contributed by atoms with van der Waals surface area (Å²) in [5.74, 6) is 0.0586. The Kier molecular flexibility index (Phi) is 6.74. The van der Waals surface area contributed by atoms with E-state index in [-0.39, 0.29) is 30.5 Å². The molecule has 3 amide bonds. The van der Waals surface area contributed by atoms with Gasteiger partial charge in [0.05, 0.1) is 18.2 Å². The smallest absolute Gasteiger partial charge is 0.338 e. The summed E-state index contributed by atoms with van der Waals surface area (Å²) in [6, 6.07) is 7.09. The molecule has 1 aromatic carbocycles. The Balaban J connectivity index is 1.62. The molecule has 1 aromatic rings. The summed E-state index contributed by atoms with van der Waals surface area (Å²) in [5, 5.41) is 2.97. The van der Waals surface area contributed by atoms with Gasteiger partial charge >= 0.3 is 12.0 Å². The normalized spacial score (nSPS) is 24.1. The molecule has 1 saturated heterocycles. The first-order chi connectivity index (χ1) is 15.8. The molecule has 2 atom stereocenters. The summed E-state index contributed by atoms with van der Waals surface area (Å²) in [7, 11) is 1.69. The molecule has 2 heterocycles. The van der Waals surface area contributed by atoms with Crippen LogP contribution in [0.15, 0.2) is 35.5 Å².